The number of dihydropyridines is 1. The molecule has 0 unspecified atom stereocenters. The Morgan fingerprint density at radius 3 is 2.64 bits per heavy atom. The zero-order valence-electron chi connectivity index (χ0n) is 33.5. The van der Waals surface area contributed by atoms with E-state index in [1.807, 2.05) is 18.2 Å². The molecule has 2 fully saturated rings. The molecule has 10 atom stereocenters. The van der Waals surface area contributed by atoms with Gasteiger partial charge in [0.25, 0.3) is 0 Å². The van der Waals surface area contributed by atoms with E-state index in [2.05, 4.69) is 22.9 Å². The van der Waals surface area contributed by atoms with E-state index >= 15 is 0 Å². The summed E-state index contributed by atoms with van der Waals surface area (Å²) in [5, 5.41) is 73.0. The second kappa shape index (κ2) is 19.0. The second-order valence-corrected chi connectivity index (χ2v) is 16.1. The molecule has 0 saturated carbocycles. The van der Waals surface area contributed by atoms with Crippen LogP contribution < -0.4 is 35.9 Å². The summed E-state index contributed by atoms with van der Waals surface area (Å²) >= 11 is 0. The van der Waals surface area contributed by atoms with Gasteiger partial charge in [-0.2, -0.15) is 0 Å². The SMILES string of the molecule is COc1cc([C@H]2O[C@@H](CCc3ccc(O)c(OCNC[C@H](C)O)c3)C[C@H](O)[C@@H]2CCO)cc(OC[C@H]2N[C@H](C)CC[C@]23[C@@H](C(=O)O)C=C[C@@H]3C2=CCNC(N)=C2)c1O. The number of aromatic hydroxyl groups is 2. The maximum atomic E-state index is 12.9. The maximum absolute atomic E-state index is 12.9. The Balaban J connectivity index is 1.23. The van der Waals surface area contributed by atoms with Crippen LogP contribution in [0.15, 0.2) is 66.0 Å². The fourth-order valence-electron chi connectivity index (χ4n) is 9.24. The number of ether oxygens (including phenoxy) is 4. The zero-order valence-corrected chi connectivity index (χ0v) is 33.5. The summed E-state index contributed by atoms with van der Waals surface area (Å²) in [6, 6.07) is 8.09. The predicted molar refractivity (Wildman–Crippen MR) is 215 cm³/mol. The van der Waals surface area contributed by atoms with Crippen molar-refractivity contribution in [2.75, 3.05) is 40.1 Å². The Morgan fingerprint density at radius 1 is 1.12 bits per heavy atom. The number of phenols is 2. The molecule has 11 N–H and O–H groups in total. The topological polar surface area (TPSA) is 237 Å². The predicted octanol–water partition coefficient (Wildman–Crippen LogP) is 2.96. The number of hydrogen-bond acceptors (Lipinski definition) is 14. The fourth-order valence-corrected chi connectivity index (χ4v) is 9.24. The highest BCUT2D eigenvalue weighted by molar-refractivity contribution is 5.75. The minimum absolute atomic E-state index is 0.00923. The van der Waals surface area contributed by atoms with Gasteiger partial charge in [-0.25, -0.2) is 0 Å². The molecule has 0 amide bonds. The molecule has 2 aromatic carbocycles. The molecule has 0 aromatic heterocycles. The van der Waals surface area contributed by atoms with Crippen molar-refractivity contribution >= 4 is 5.97 Å². The van der Waals surface area contributed by atoms with E-state index in [0.717, 1.165) is 17.6 Å². The van der Waals surface area contributed by atoms with Gasteiger partial charge in [0.15, 0.2) is 23.0 Å². The summed E-state index contributed by atoms with van der Waals surface area (Å²) in [5.41, 5.74) is 7.80. The highest BCUT2D eigenvalue weighted by atomic mass is 16.5. The third-order valence-electron chi connectivity index (χ3n) is 12.1. The Kier molecular flexibility index (Phi) is 14.1. The Hall–Kier alpha value is -4.51. The number of nitrogens with one attached hydrogen (secondary N) is 3. The Morgan fingerprint density at radius 2 is 1.91 bits per heavy atom. The van der Waals surface area contributed by atoms with Crippen LogP contribution in [0.5, 0.6) is 28.7 Å². The number of aryl methyl sites for hydroxylation is 1. The second-order valence-electron chi connectivity index (χ2n) is 16.1. The number of allylic oxidation sites excluding steroid dienone is 3. The number of piperidine rings is 1. The molecule has 0 bridgehead atoms. The van der Waals surface area contributed by atoms with Crippen molar-refractivity contribution < 1.29 is 54.4 Å². The average molecular weight is 809 g/mol. The van der Waals surface area contributed by atoms with Gasteiger partial charge >= 0.3 is 5.97 Å². The molecule has 4 aliphatic rings. The van der Waals surface area contributed by atoms with E-state index in [9.17, 15) is 35.4 Å². The number of aliphatic hydroxyl groups is 3. The third-order valence-corrected chi connectivity index (χ3v) is 12.1. The number of methoxy groups -OCH3 is 1. The molecule has 15 nitrogen and oxygen atoms in total. The molecule has 0 radical (unpaired) electrons. The number of phenolic OH excluding ortho intramolecular Hbond substituents is 2. The van der Waals surface area contributed by atoms with E-state index in [-0.39, 0.29) is 67.4 Å². The Labute approximate surface area is 339 Å². The third kappa shape index (κ3) is 9.51. The molecule has 3 heterocycles. The van der Waals surface area contributed by atoms with Crippen molar-refractivity contribution in [2.45, 2.75) is 88.9 Å². The van der Waals surface area contributed by atoms with Gasteiger partial charge < -0.3 is 66.0 Å². The molecule has 2 aromatic rings. The van der Waals surface area contributed by atoms with Crippen molar-refractivity contribution in [3.8, 4) is 28.7 Å². The normalized spacial score (nSPS) is 30.0. The van der Waals surface area contributed by atoms with Gasteiger partial charge in [0, 0.05) is 49.0 Å². The summed E-state index contributed by atoms with van der Waals surface area (Å²) in [6.07, 6.45) is 8.31. The Bertz CT molecular complexity index is 1840. The van der Waals surface area contributed by atoms with Crippen LogP contribution in [0.3, 0.4) is 0 Å². The highest BCUT2D eigenvalue weighted by Crippen LogP contribution is 2.55. The molecular formula is C43H60N4O11. The lowest BCUT2D eigenvalue weighted by Crippen LogP contribution is -2.61. The van der Waals surface area contributed by atoms with Gasteiger partial charge in [-0.1, -0.05) is 24.3 Å². The first-order valence-electron chi connectivity index (χ1n) is 20.2. The first-order valence-corrected chi connectivity index (χ1v) is 20.2. The summed E-state index contributed by atoms with van der Waals surface area (Å²) in [4.78, 5) is 12.9. The number of carboxylic acids is 1. The molecule has 15 heteroatoms. The summed E-state index contributed by atoms with van der Waals surface area (Å²) in [6.45, 7) is 4.57. The zero-order chi connectivity index (χ0) is 41.6. The van der Waals surface area contributed by atoms with Gasteiger partial charge in [0.2, 0.25) is 5.75 Å². The van der Waals surface area contributed by atoms with Crippen molar-refractivity contribution in [3.63, 3.8) is 0 Å². The fraction of sp³-hybridized carbons (Fsp3) is 0.558. The van der Waals surface area contributed by atoms with Crippen molar-refractivity contribution in [2.24, 2.45) is 28.9 Å². The lowest BCUT2D eigenvalue weighted by Gasteiger charge is -2.50. The van der Waals surface area contributed by atoms with Gasteiger partial charge in [-0.05, 0) is 99.4 Å². The van der Waals surface area contributed by atoms with Crippen molar-refractivity contribution in [3.05, 3.63) is 77.2 Å². The number of aliphatic hydroxyl groups excluding tert-OH is 3. The molecule has 1 aliphatic carbocycles. The van der Waals surface area contributed by atoms with Gasteiger partial charge in [0.1, 0.15) is 13.3 Å². The quantitative estimate of drug-likeness (QED) is 0.0629. The number of carbonyl (C=O) groups is 1. The largest absolute Gasteiger partial charge is 0.504 e. The van der Waals surface area contributed by atoms with E-state index < -0.39 is 47.6 Å². The van der Waals surface area contributed by atoms with E-state index in [0.29, 0.717) is 55.9 Å². The minimum Gasteiger partial charge on any atom is -0.504 e. The van der Waals surface area contributed by atoms with Gasteiger partial charge in [-0.3, -0.25) is 10.1 Å². The number of carboxylic acid groups (broad SMARTS) is 1. The molecule has 6 rings (SSSR count). The minimum atomic E-state index is -0.920. The number of rotatable bonds is 17. The van der Waals surface area contributed by atoms with Crippen molar-refractivity contribution in [1.82, 2.24) is 16.0 Å². The van der Waals surface area contributed by atoms with Crippen LogP contribution in [-0.2, 0) is 16.0 Å². The number of nitrogens with two attached hydrogens (primary N) is 1. The molecule has 1 spiro atoms. The monoisotopic (exact) mass is 808 g/mol. The average Bonchev–Trinajstić information content (AvgIpc) is 3.58. The molecule has 3 aliphatic heterocycles. The van der Waals surface area contributed by atoms with E-state index in [1.54, 1.807) is 43.3 Å². The molecule has 2 saturated heterocycles. The van der Waals surface area contributed by atoms with Crippen LogP contribution in [0.4, 0.5) is 0 Å². The summed E-state index contributed by atoms with van der Waals surface area (Å²) in [7, 11) is 1.43. The summed E-state index contributed by atoms with van der Waals surface area (Å²) in [5.74, 6) is -1.59. The van der Waals surface area contributed by atoms with Crippen LogP contribution in [-0.4, -0.2) is 107 Å². The number of hydrogen-bond donors (Lipinski definition) is 10. The number of benzene rings is 2. The number of aliphatic carboxylic acids is 1. The van der Waals surface area contributed by atoms with Crippen LogP contribution in [0.1, 0.15) is 63.2 Å². The lowest BCUT2D eigenvalue weighted by molar-refractivity contribution is -0.147. The first-order chi connectivity index (χ1) is 27.8. The van der Waals surface area contributed by atoms with Crippen LogP contribution in [0, 0.1) is 23.2 Å². The van der Waals surface area contributed by atoms with E-state index in [4.69, 9.17) is 24.7 Å². The molecule has 318 valence electrons. The molecular weight excluding hydrogens is 748 g/mol. The smallest absolute Gasteiger partial charge is 0.311 e. The van der Waals surface area contributed by atoms with Gasteiger partial charge in [-0.15, -0.1) is 0 Å². The lowest BCUT2D eigenvalue weighted by atomic mass is 9.59. The first kappa shape index (κ1) is 43.1. The van der Waals surface area contributed by atoms with Crippen LogP contribution in [0.2, 0.25) is 0 Å². The standard InChI is InChI=1S/C43H60N4O11/c1-24-10-13-43(31(7-8-32(43)42(53)54)27-11-14-46-39(44)19-27)38(47-24)22-56-37-18-28(17-36(55-3)40(37)52)41-30(12-15-48)34(51)20-29(58-41)6-4-26-5-9-33(50)35(16-26)57-23-45-21-25(2)49/h5,7-9,11,16-19,24-25,29-32,34,38,41,45-52H,4,6,10,12-15,20-23,44H2,1-3H3,(H,53,54)/t24-,25+,29+,30+,31-,32-,34+,38-,41-,43+/m1/s1. The van der Waals surface area contributed by atoms with Crippen LogP contribution in [0.25, 0.3) is 0 Å². The van der Waals surface area contributed by atoms with Gasteiger partial charge in [0.05, 0.1) is 43.3 Å². The van der Waals surface area contributed by atoms with E-state index in [1.165, 1.54) is 7.11 Å². The molecule has 58 heavy (non-hydrogen) atoms. The summed E-state index contributed by atoms with van der Waals surface area (Å²) < 4.78 is 24.5. The highest BCUT2D eigenvalue weighted by Gasteiger charge is 2.57. The maximum Gasteiger partial charge on any atom is 0.311 e. The van der Waals surface area contributed by atoms with Crippen molar-refractivity contribution in [1.29, 1.82) is 0 Å². The van der Waals surface area contributed by atoms with Crippen LogP contribution >= 0.6 is 0 Å².